The highest BCUT2D eigenvalue weighted by Gasteiger charge is 2.08. The maximum absolute atomic E-state index is 12.3. The number of hydrogen-bond acceptors (Lipinski definition) is 2. The first-order valence-corrected chi connectivity index (χ1v) is 6.09. The molecule has 0 unspecified atom stereocenters. The average molecular weight is 251 g/mol. The number of aromatic amines is 1. The monoisotopic (exact) mass is 251 g/mol. The molecule has 4 nitrogen and oxygen atoms in total. The fraction of sp³-hybridized carbons (Fsp3) is 0.0667. The van der Waals surface area contributed by atoms with Gasteiger partial charge >= 0.3 is 0 Å². The molecule has 0 fully saturated rings. The summed E-state index contributed by atoms with van der Waals surface area (Å²) in [5.74, 6) is 0.604. The lowest BCUT2D eigenvalue weighted by Gasteiger charge is -1.98. The van der Waals surface area contributed by atoms with Crippen molar-refractivity contribution in [1.29, 1.82) is 0 Å². The van der Waals surface area contributed by atoms with Gasteiger partial charge in [0.05, 0.1) is 0 Å². The van der Waals surface area contributed by atoms with Crippen molar-refractivity contribution in [3.05, 3.63) is 82.4 Å². The van der Waals surface area contributed by atoms with Crippen LogP contribution in [0.2, 0.25) is 0 Å². The Kier molecular flexibility index (Phi) is 2.98. The van der Waals surface area contributed by atoms with E-state index in [4.69, 9.17) is 0 Å². The van der Waals surface area contributed by atoms with E-state index in [-0.39, 0.29) is 5.56 Å². The number of benzene rings is 1. The molecule has 19 heavy (non-hydrogen) atoms. The van der Waals surface area contributed by atoms with Gasteiger partial charge in [-0.25, -0.2) is 9.67 Å². The summed E-state index contributed by atoms with van der Waals surface area (Å²) in [6, 6.07) is 15.4. The van der Waals surface area contributed by atoms with E-state index in [1.165, 1.54) is 4.68 Å². The van der Waals surface area contributed by atoms with Gasteiger partial charge in [-0.05, 0) is 17.7 Å². The minimum atomic E-state index is -0.0532. The van der Waals surface area contributed by atoms with Crippen LogP contribution in [0.4, 0.5) is 0 Å². The molecule has 0 radical (unpaired) electrons. The molecule has 0 spiro atoms. The summed E-state index contributed by atoms with van der Waals surface area (Å²) >= 11 is 0. The van der Waals surface area contributed by atoms with Crippen LogP contribution in [0.1, 0.15) is 11.1 Å². The molecule has 0 aliphatic carbocycles. The molecule has 0 saturated carbocycles. The topological polar surface area (TPSA) is 50.7 Å². The molecule has 0 atom stereocenters. The zero-order valence-corrected chi connectivity index (χ0v) is 10.3. The Morgan fingerprint density at radius 1 is 1.05 bits per heavy atom. The standard InChI is InChI=1S/C15H13N3O/c19-15-13(10-12-6-2-1-3-7-12)11-17-18(15)14-8-4-5-9-16-14/h1-9,11,17H,10H2. The van der Waals surface area contributed by atoms with E-state index in [1.807, 2.05) is 42.5 Å². The number of nitrogens with zero attached hydrogens (tertiary/aromatic N) is 2. The fourth-order valence-corrected chi connectivity index (χ4v) is 2.01. The Bertz CT molecular complexity index is 714. The summed E-state index contributed by atoms with van der Waals surface area (Å²) in [7, 11) is 0. The van der Waals surface area contributed by atoms with Crippen LogP contribution >= 0.6 is 0 Å². The van der Waals surface area contributed by atoms with Gasteiger partial charge in [-0.1, -0.05) is 36.4 Å². The normalized spacial score (nSPS) is 10.5. The average Bonchev–Trinajstić information content (AvgIpc) is 2.82. The number of aromatic nitrogens is 3. The molecular formula is C15H13N3O. The largest absolute Gasteiger partial charge is 0.296 e. The first kappa shape index (κ1) is 11.5. The van der Waals surface area contributed by atoms with Gasteiger partial charge in [0.1, 0.15) is 0 Å². The molecule has 0 aliphatic rings. The highest BCUT2D eigenvalue weighted by molar-refractivity contribution is 5.26. The molecule has 2 heterocycles. The molecule has 0 amide bonds. The number of rotatable bonds is 3. The molecule has 0 bridgehead atoms. The molecule has 0 saturated heterocycles. The van der Waals surface area contributed by atoms with Crippen LogP contribution in [0, 0.1) is 0 Å². The van der Waals surface area contributed by atoms with Crippen LogP contribution in [-0.2, 0) is 6.42 Å². The van der Waals surface area contributed by atoms with E-state index in [0.29, 0.717) is 12.2 Å². The summed E-state index contributed by atoms with van der Waals surface area (Å²) in [6.07, 6.45) is 4.03. The molecule has 0 aliphatic heterocycles. The van der Waals surface area contributed by atoms with E-state index < -0.39 is 0 Å². The van der Waals surface area contributed by atoms with Crippen molar-refractivity contribution >= 4 is 0 Å². The first-order valence-electron chi connectivity index (χ1n) is 6.09. The molecule has 3 aromatic rings. The van der Waals surface area contributed by atoms with Crippen molar-refractivity contribution in [2.45, 2.75) is 6.42 Å². The minimum Gasteiger partial charge on any atom is -0.296 e. The minimum absolute atomic E-state index is 0.0532. The fourth-order valence-electron chi connectivity index (χ4n) is 2.01. The summed E-state index contributed by atoms with van der Waals surface area (Å²) in [5.41, 5.74) is 1.80. The van der Waals surface area contributed by atoms with E-state index in [1.54, 1.807) is 18.5 Å². The SMILES string of the molecule is O=c1c(Cc2ccccc2)c[nH]n1-c1ccccn1. The Morgan fingerprint density at radius 3 is 2.58 bits per heavy atom. The lowest BCUT2D eigenvalue weighted by molar-refractivity contribution is 0.817. The predicted octanol–water partition coefficient (Wildman–Crippen LogP) is 2.15. The van der Waals surface area contributed by atoms with Crippen LogP contribution in [0.3, 0.4) is 0 Å². The highest BCUT2D eigenvalue weighted by Crippen LogP contribution is 2.06. The second kappa shape index (κ2) is 4.94. The number of nitrogens with one attached hydrogen (secondary N) is 1. The van der Waals surface area contributed by atoms with Crippen molar-refractivity contribution in [3.63, 3.8) is 0 Å². The third kappa shape index (κ3) is 2.33. The van der Waals surface area contributed by atoms with Gasteiger partial charge in [-0.15, -0.1) is 0 Å². The van der Waals surface area contributed by atoms with Gasteiger partial charge in [-0.2, -0.15) is 0 Å². The second-order valence-electron chi connectivity index (χ2n) is 4.29. The Morgan fingerprint density at radius 2 is 1.84 bits per heavy atom. The van der Waals surface area contributed by atoms with Gasteiger partial charge in [0.25, 0.3) is 5.56 Å². The van der Waals surface area contributed by atoms with Crippen molar-refractivity contribution < 1.29 is 0 Å². The second-order valence-corrected chi connectivity index (χ2v) is 4.29. The van der Waals surface area contributed by atoms with Gasteiger partial charge in [-0.3, -0.25) is 9.89 Å². The summed E-state index contributed by atoms with van der Waals surface area (Å²) in [4.78, 5) is 16.4. The van der Waals surface area contributed by atoms with E-state index in [9.17, 15) is 4.79 Å². The Labute approximate surface area is 110 Å². The van der Waals surface area contributed by atoms with E-state index >= 15 is 0 Å². The maximum atomic E-state index is 12.3. The van der Waals surface area contributed by atoms with Crippen LogP contribution in [0.5, 0.6) is 0 Å². The zero-order chi connectivity index (χ0) is 13.1. The third-order valence-corrected chi connectivity index (χ3v) is 2.96. The van der Waals surface area contributed by atoms with Crippen molar-refractivity contribution in [2.24, 2.45) is 0 Å². The number of pyridine rings is 1. The van der Waals surface area contributed by atoms with Crippen molar-refractivity contribution in [3.8, 4) is 5.82 Å². The maximum Gasteiger partial charge on any atom is 0.276 e. The molecule has 1 aromatic carbocycles. The molecule has 4 heteroatoms. The van der Waals surface area contributed by atoms with E-state index in [0.717, 1.165) is 11.1 Å². The third-order valence-electron chi connectivity index (χ3n) is 2.96. The lowest BCUT2D eigenvalue weighted by Crippen LogP contribution is -2.18. The number of hydrogen-bond donors (Lipinski definition) is 1. The predicted molar refractivity (Wildman–Crippen MR) is 73.4 cm³/mol. The molecule has 3 rings (SSSR count). The number of H-pyrrole nitrogens is 1. The first-order chi connectivity index (χ1) is 9.34. The molecule has 1 N–H and O–H groups in total. The molecule has 94 valence electrons. The van der Waals surface area contributed by atoms with Crippen LogP contribution in [-0.4, -0.2) is 14.8 Å². The lowest BCUT2D eigenvalue weighted by atomic mass is 10.1. The van der Waals surface area contributed by atoms with E-state index in [2.05, 4.69) is 10.1 Å². The Hall–Kier alpha value is -2.62. The van der Waals surface area contributed by atoms with Crippen molar-refractivity contribution in [1.82, 2.24) is 14.8 Å². The quantitative estimate of drug-likeness (QED) is 0.775. The van der Waals surface area contributed by atoms with Crippen LogP contribution < -0.4 is 5.56 Å². The highest BCUT2D eigenvalue weighted by atomic mass is 16.1. The zero-order valence-electron chi connectivity index (χ0n) is 10.3. The van der Waals surface area contributed by atoms with Gasteiger partial charge in [0.15, 0.2) is 5.82 Å². The van der Waals surface area contributed by atoms with Crippen LogP contribution in [0.25, 0.3) is 5.82 Å². The Balaban J connectivity index is 1.94. The smallest absolute Gasteiger partial charge is 0.276 e. The summed E-state index contributed by atoms with van der Waals surface area (Å²) in [5, 5.41) is 2.95. The van der Waals surface area contributed by atoms with Gasteiger partial charge < -0.3 is 0 Å². The van der Waals surface area contributed by atoms with Gasteiger partial charge in [0.2, 0.25) is 0 Å². The summed E-state index contributed by atoms with van der Waals surface area (Å²) in [6.45, 7) is 0. The summed E-state index contributed by atoms with van der Waals surface area (Å²) < 4.78 is 1.46. The van der Waals surface area contributed by atoms with Crippen molar-refractivity contribution in [2.75, 3.05) is 0 Å². The molecule has 2 aromatic heterocycles. The molecular weight excluding hydrogens is 238 g/mol. The van der Waals surface area contributed by atoms with Gasteiger partial charge in [0, 0.05) is 24.4 Å². The van der Waals surface area contributed by atoms with Crippen LogP contribution in [0.15, 0.2) is 65.7 Å².